The van der Waals surface area contributed by atoms with Crippen molar-refractivity contribution in [3.8, 4) is 0 Å². The molecule has 5 heteroatoms. The number of carboxylic acids is 1. The van der Waals surface area contributed by atoms with Crippen LogP contribution >= 0.6 is 0 Å². The van der Waals surface area contributed by atoms with Crippen molar-refractivity contribution in [2.75, 3.05) is 5.73 Å². The van der Waals surface area contributed by atoms with Gasteiger partial charge in [0.15, 0.2) is 0 Å². The lowest BCUT2D eigenvalue weighted by Gasteiger charge is -2.21. The van der Waals surface area contributed by atoms with Crippen molar-refractivity contribution in [3.63, 3.8) is 0 Å². The van der Waals surface area contributed by atoms with E-state index in [1.165, 1.54) is 19.3 Å². The van der Waals surface area contributed by atoms with Crippen molar-refractivity contribution < 1.29 is 9.90 Å². The Balaban J connectivity index is 2.13. The van der Waals surface area contributed by atoms with Crippen LogP contribution in [0.5, 0.6) is 0 Å². The Bertz CT molecular complexity index is 642. The second-order valence-corrected chi connectivity index (χ2v) is 5.50. The van der Waals surface area contributed by atoms with E-state index in [0.29, 0.717) is 11.6 Å². The Morgan fingerprint density at radius 1 is 1.35 bits per heavy atom. The normalized spacial score (nSPS) is 16.6. The molecule has 1 aliphatic rings. The number of carbonyl (C=O) groups is 1. The summed E-state index contributed by atoms with van der Waals surface area (Å²) in [5.74, 6) is 0.402. The first-order chi connectivity index (χ1) is 9.66. The smallest absolute Gasteiger partial charge is 0.323 e. The van der Waals surface area contributed by atoms with Crippen molar-refractivity contribution in [2.45, 2.75) is 44.6 Å². The van der Waals surface area contributed by atoms with Crippen molar-refractivity contribution in [2.24, 2.45) is 0 Å². The summed E-state index contributed by atoms with van der Waals surface area (Å²) in [6, 6.07) is 5.56. The number of aliphatic carboxylic acids is 1. The molecule has 0 unspecified atom stereocenters. The van der Waals surface area contributed by atoms with Crippen LogP contribution in [0.25, 0.3) is 11.0 Å². The Morgan fingerprint density at radius 3 is 2.80 bits per heavy atom. The van der Waals surface area contributed by atoms with Gasteiger partial charge in [-0.25, -0.2) is 4.98 Å². The van der Waals surface area contributed by atoms with Crippen LogP contribution in [0.4, 0.5) is 5.69 Å². The molecule has 1 aliphatic carbocycles. The quantitative estimate of drug-likeness (QED) is 0.842. The number of hydrogen-bond acceptors (Lipinski definition) is 3. The summed E-state index contributed by atoms with van der Waals surface area (Å²) in [4.78, 5) is 15.8. The van der Waals surface area contributed by atoms with E-state index in [2.05, 4.69) is 4.98 Å². The van der Waals surface area contributed by atoms with E-state index in [4.69, 9.17) is 10.8 Å². The van der Waals surface area contributed by atoms with Gasteiger partial charge in [0.05, 0.1) is 11.2 Å². The number of nitrogen functional groups attached to an aromatic ring is 1. The van der Waals surface area contributed by atoms with E-state index in [1.54, 1.807) is 0 Å². The maximum Gasteiger partial charge on any atom is 0.323 e. The number of nitrogens with zero attached hydrogens (tertiary/aromatic N) is 2. The molecule has 0 bridgehead atoms. The third kappa shape index (κ3) is 2.24. The topological polar surface area (TPSA) is 81.1 Å². The molecule has 2 aromatic rings. The molecule has 1 aromatic carbocycles. The lowest BCUT2D eigenvalue weighted by Crippen LogP contribution is -2.16. The zero-order valence-electron chi connectivity index (χ0n) is 11.4. The van der Waals surface area contributed by atoms with Crippen molar-refractivity contribution >= 4 is 22.7 Å². The highest BCUT2D eigenvalue weighted by Gasteiger charge is 2.23. The summed E-state index contributed by atoms with van der Waals surface area (Å²) in [6.07, 6.45) is 5.82. The van der Waals surface area contributed by atoms with Crippen LogP contribution in [-0.2, 0) is 11.3 Å². The summed E-state index contributed by atoms with van der Waals surface area (Å²) in [5, 5.41) is 9.16. The van der Waals surface area contributed by atoms with E-state index in [9.17, 15) is 4.79 Å². The summed E-state index contributed by atoms with van der Waals surface area (Å²) in [6.45, 7) is -0.0498. The molecule has 1 saturated carbocycles. The minimum atomic E-state index is -0.844. The van der Waals surface area contributed by atoms with Gasteiger partial charge in [-0.2, -0.15) is 0 Å². The van der Waals surface area contributed by atoms with E-state index >= 15 is 0 Å². The number of imidazole rings is 1. The van der Waals surface area contributed by atoms with Gasteiger partial charge < -0.3 is 15.4 Å². The SMILES string of the molecule is Nc1cccc2c1nc(C1CCCCC1)n2CC(=O)O. The highest BCUT2D eigenvalue weighted by atomic mass is 16.4. The minimum absolute atomic E-state index is 0.0498. The highest BCUT2D eigenvalue weighted by molar-refractivity contribution is 5.88. The molecule has 0 amide bonds. The molecule has 0 saturated heterocycles. The average Bonchev–Trinajstić information content (AvgIpc) is 2.80. The maximum atomic E-state index is 11.2. The first-order valence-corrected chi connectivity index (χ1v) is 7.13. The fourth-order valence-electron chi connectivity index (χ4n) is 3.16. The summed E-state index contributed by atoms with van der Waals surface area (Å²) in [7, 11) is 0. The number of benzene rings is 1. The van der Waals surface area contributed by atoms with Crippen molar-refractivity contribution in [1.82, 2.24) is 9.55 Å². The molecule has 1 heterocycles. The Morgan fingerprint density at radius 2 is 2.10 bits per heavy atom. The third-order valence-corrected chi connectivity index (χ3v) is 4.10. The van der Waals surface area contributed by atoms with Gasteiger partial charge >= 0.3 is 5.97 Å². The summed E-state index contributed by atoms with van der Waals surface area (Å²) < 4.78 is 1.82. The third-order valence-electron chi connectivity index (χ3n) is 4.10. The number of nitrogens with two attached hydrogens (primary N) is 1. The number of rotatable bonds is 3. The van der Waals surface area contributed by atoms with Gasteiger partial charge in [0, 0.05) is 5.92 Å². The average molecular weight is 273 g/mol. The first kappa shape index (κ1) is 13.0. The molecule has 0 aliphatic heterocycles. The van der Waals surface area contributed by atoms with E-state index in [-0.39, 0.29) is 6.54 Å². The predicted molar refractivity (Wildman–Crippen MR) is 77.6 cm³/mol. The van der Waals surface area contributed by atoms with Crippen LogP contribution < -0.4 is 5.73 Å². The molecule has 1 aromatic heterocycles. The number of hydrogen-bond donors (Lipinski definition) is 2. The molecular formula is C15H19N3O2. The molecule has 0 radical (unpaired) electrons. The van der Waals surface area contributed by atoms with Gasteiger partial charge in [0.2, 0.25) is 0 Å². The van der Waals surface area contributed by atoms with Gasteiger partial charge in [-0.1, -0.05) is 25.3 Å². The summed E-state index contributed by atoms with van der Waals surface area (Å²) in [5.41, 5.74) is 8.15. The molecule has 1 fully saturated rings. The van der Waals surface area contributed by atoms with Crippen LogP contribution in [0.3, 0.4) is 0 Å². The number of fused-ring (bicyclic) bond motifs is 1. The number of carboxylic acid groups (broad SMARTS) is 1. The Hall–Kier alpha value is -2.04. The molecule has 3 N–H and O–H groups in total. The largest absolute Gasteiger partial charge is 0.480 e. The summed E-state index contributed by atoms with van der Waals surface area (Å²) >= 11 is 0. The van der Waals surface area contributed by atoms with Crippen LogP contribution in [0.1, 0.15) is 43.8 Å². The monoisotopic (exact) mass is 273 g/mol. The van der Waals surface area contributed by atoms with Gasteiger partial charge in [-0.15, -0.1) is 0 Å². The molecule has 0 atom stereocenters. The fraction of sp³-hybridized carbons (Fsp3) is 0.467. The maximum absolute atomic E-state index is 11.2. The zero-order chi connectivity index (χ0) is 14.1. The number of aromatic nitrogens is 2. The van der Waals surface area contributed by atoms with E-state index in [0.717, 1.165) is 29.7 Å². The molecule has 5 nitrogen and oxygen atoms in total. The molecule has 0 spiro atoms. The lowest BCUT2D eigenvalue weighted by molar-refractivity contribution is -0.137. The van der Waals surface area contributed by atoms with Crippen LogP contribution in [-0.4, -0.2) is 20.6 Å². The fourth-order valence-corrected chi connectivity index (χ4v) is 3.16. The van der Waals surface area contributed by atoms with Gasteiger partial charge in [0.1, 0.15) is 17.9 Å². The van der Waals surface area contributed by atoms with Crippen LogP contribution in [0, 0.1) is 0 Å². The second-order valence-electron chi connectivity index (χ2n) is 5.50. The Labute approximate surface area is 117 Å². The lowest BCUT2D eigenvalue weighted by atomic mass is 9.88. The van der Waals surface area contributed by atoms with E-state index in [1.807, 2.05) is 22.8 Å². The molecule has 3 rings (SSSR count). The number of anilines is 1. The van der Waals surface area contributed by atoms with Crippen LogP contribution in [0.2, 0.25) is 0 Å². The van der Waals surface area contributed by atoms with Gasteiger partial charge in [-0.05, 0) is 25.0 Å². The van der Waals surface area contributed by atoms with Crippen LogP contribution in [0.15, 0.2) is 18.2 Å². The van der Waals surface area contributed by atoms with E-state index < -0.39 is 5.97 Å². The Kier molecular flexibility index (Phi) is 3.34. The van der Waals surface area contributed by atoms with Crippen molar-refractivity contribution in [1.29, 1.82) is 0 Å². The standard InChI is InChI=1S/C15H19N3O2/c16-11-7-4-8-12-14(11)17-15(18(12)9-13(19)20)10-5-2-1-3-6-10/h4,7-8,10H,1-3,5-6,9,16H2,(H,19,20). The predicted octanol–water partition coefficient (Wildman–Crippen LogP) is 2.75. The molecular weight excluding hydrogens is 254 g/mol. The number of para-hydroxylation sites is 1. The zero-order valence-corrected chi connectivity index (χ0v) is 11.4. The molecule has 20 heavy (non-hydrogen) atoms. The highest BCUT2D eigenvalue weighted by Crippen LogP contribution is 2.34. The first-order valence-electron chi connectivity index (χ1n) is 7.13. The van der Waals surface area contributed by atoms with Gasteiger partial charge in [-0.3, -0.25) is 4.79 Å². The molecule has 106 valence electrons. The second kappa shape index (κ2) is 5.15. The van der Waals surface area contributed by atoms with Gasteiger partial charge in [0.25, 0.3) is 0 Å². The van der Waals surface area contributed by atoms with Crippen molar-refractivity contribution in [3.05, 3.63) is 24.0 Å². The minimum Gasteiger partial charge on any atom is -0.480 e.